The van der Waals surface area contributed by atoms with Crippen LogP contribution in [0.25, 0.3) is 0 Å². The molecule has 3 aliphatic rings. The molecule has 9 nitrogen and oxygen atoms in total. The van der Waals surface area contributed by atoms with Gasteiger partial charge in [-0.2, -0.15) is 5.10 Å². The Hall–Kier alpha value is -2.30. The highest BCUT2D eigenvalue weighted by Gasteiger charge is 2.26. The average molecular weight is 417 g/mol. The van der Waals surface area contributed by atoms with Gasteiger partial charge in [-0.25, -0.2) is 15.0 Å². The number of allylic oxidation sites excluding steroid dienone is 2. The van der Waals surface area contributed by atoms with Crippen molar-refractivity contribution in [3.05, 3.63) is 30.0 Å². The number of imidazole rings is 1. The van der Waals surface area contributed by atoms with E-state index in [9.17, 15) is 0 Å². The van der Waals surface area contributed by atoms with Gasteiger partial charge in [0.25, 0.3) is 0 Å². The zero-order chi connectivity index (χ0) is 20.2. The Kier molecular flexibility index (Phi) is 6.22. The van der Waals surface area contributed by atoms with Crippen LogP contribution in [-0.4, -0.2) is 63.7 Å². The molecule has 1 unspecified atom stereocenters. The predicted octanol–water partition coefficient (Wildman–Crippen LogP) is 0.690. The van der Waals surface area contributed by atoms with Crippen molar-refractivity contribution in [1.82, 2.24) is 25.2 Å². The van der Waals surface area contributed by atoms with Gasteiger partial charge in [-0.15, -0.1) is 0 Å². The maximum atomic E-state index is 5.92. The maximum Gasteiger partial charge on any atom is 0.186 e. The molecule has 0 bridgehead atoms. The summed E-state index contributed by atoms with van der Waals surface area (Å²) in [6.07, 6.45) is 11.5. The van der Waals surface area contributed by atoms with Gasteiger partial charge in [0.05, 0.1) is 35.8 Å². The molecule has 1 aliphatic carbocycles. The Labute approximate surface area is 176 Å². The highest BCUT2D eigenvalue weighted by Crippen LogP contribution is 2.20. The Balaban J connectivity index is 1.49. The third-order valence-electron chi connectivity index (χ3n) is 5.28. The molecule has 3 heterocycles. The Morgan fingerprint density at radius 1 is 1.45 bits per heavy atom. The standard InChI is InChI=1S/C19H28N8OS/c1-26-12-21-10-17(26)16-8-15(24-19(25-16)23-14-2-3-14)9-22-27(18(20)29)11-13-4-6-28-7-5-13/h8-10,12-14,19,23-24H,2-7,11H2,1H3,(H2,20,29)/b22-9+. The molecule has 2 aliphatic heterocycles. The molecule has 29 heavy (non-hydrogen) atoms. The molecule has 1 aromatic rings. The van der Waals surface area contributed by atoms with Crippen LogP contribution in [0.1, 0.15) is 31.4 Å². The van der Waals surface area contributed by atoms with Gasteiger partial charge in [-0.05, 0) is 49.9 Å². The second-order valence-electron chi connectivity index (χ2n) is 7.71. The molecular formula is C19H28N8OS. The summed E-state index contributed by atoms with van der Waals surface area (Å²) in [5, 5.41) is 13.4. The minimum Gasteiger partial charge on any atom is -0.381 e. The number of nitrogens with zero attached hydrogens (tertiary/aromatic N) is 5. The van der Waals surface area contributed by atoms with Gasteiger partial charge in [0.15, 0.2) is 11.4 Å². The van der Waals surface area contributed by atoms with Crippen LogP contribution in [0, 0.1) is 5.92 Å². The lowest BCUT2D eigenvalue weighted by Gasteiger charge is -2.27. The van der Waals surface area contributed by atoms with E-state index in [2.05, 4.69) is 20.7 Å². The number of hydrogen-bond acceptors (Lipinski definition) is 7. The van der Waals surface area contributed by atoms with Gasteiger partial charge in [0, 0.05) is 32.8 Å². The quantitative estimate of drug-likeness (QED) is 0.341. The summed E-state index contributed by atoms with van der Waals surface area (Å²) >= 11 is 5.22. The lowest BCUT2D eigenvalue weighted by molar-refractivity contribution is 0.0599. The molecular weight excluding hydrogens is 388 g/mol. The van der Waals surface area contributed by atoms with Crippen molar-refractivity contribution in [2.75, 3.05) is 19.8 Å². The summed E-state index contributed by atoms with van der Waals surface area (Å²) in [6.45, 7) is 2.27. The van der Waals surface area contributed by atoms with E-state index in [1.807, 2.05) is 23.9 Å². The first kappa shape index (κ1) is 20.0. The fourth-order valence-electron chi connectivity index (χ4n) is 3.43. The topological polar surface area (TPSA) is 105 Å². The average Bonchev–Trinajstić information content (AvgIpc) is 3.42. The van der Waals surface area contributed by atoms with Crippen LogP contribution in [0.4, 0.5) is 0 Å². The lowest BCUT2D eigenvalue weighted by Crippen LogP contribution is -2.45. The van der Waals surface area contributed by atoms with E-state index in [4.69, 9.17) is 27.7 Å². The van der Waals surface area contributed by atoms with Gasteiger partial charge in [-0.1, -0.05) is 0 Å². The number of hydrogen-bond donors (Lipinski definition) is 3. The van der Waals surface area contributed by atoms with Crippen LogP contribution < -0.4 is 16.4 Å². The zero-order valence-corrected chi connectivity index (χ0v) is 17.4. The van der Waals surface area contributed by atoms with Crippen molar-refractivity contribution in [2.24, 2.45) is 28.8 Å². The summed E-state index contributed by atoms with van der Waals surface area (Å²) in [7, 11) is 1.96. The first-order chi connectivity index (χ1) is 14.1. The van der Waals surface area contributed by atoms with Crippen molar-refractivity contribution in [1.29, 1.82) is 0 Å². The molecule has 156 valence electrons. The number of nitrogens with one attached hydrogen (secondary N) is 2. The molecule has 4 rings (SSSR count). The van der Waals surface area contributed by atoms with Crippen LogP contribution in [0.3, 0.4) is 0 Å². The van der Waals surface area contributed by atoms with Gasteiger partial charge >= 0.3 is 0 Å². The molecule has 1 atom stereocenters. The second kappa shape index (κ2) is 9.02. The summed E-state index contributed by atoms with van der Waals surface area (Å²) < 4.78 is 7.39. The number of aromatic nitrogens is 2. The van der Waals surface area contributed by atoms with Gasteiger partial charge in [0.1, 0.15) is 0 Å². The van der Waals surface area contributed by atoms with E-state index in [0.29, 0.717) is 18.5 Å². The monoisotopic (exact) mass is 416 g/mol. The molecule has 0 aromatic carbocycles. The number of nitrogens with two attached hydrogens (primary N) is 1. The number of ether oxygens (including phenoxy) is 1. The molecule has 4 N–H and O–H groups in total. The van der Waals surface area contributed by atoms with Crippen molar-refractivity contribution in [2.45, 2.75) is 38.0 Å². The third kappa shape index (κ3) is 5.40. The predicted molar refractivity (Wildman–Crippen MR) is 116 cm³/mol. The Bertz CT molecular complexity index is 822. The van der Waals surface area contributed by atoms with E-state index in [-0.39, 0.29) is 11.4 Å². The minimum atomic E-state index is -0.201. The lowest BCUT2D eigenvalue weighted by atomic mass is 10.0. The normalized spacial score (nSPS) is 22.9. The molecule has 0 amide bonds. The fourth-order valence-corrected chi connectivity index (χ4v) is 3.55. The number of aliphatic imine (C=N–C) groups is 1. The van der Waals surface area contributed by atoms with Crippen LogP contribution in [0.15, 0.2) is 34.4 Å². The minimum absolute atomic E-state index is 0.201. The number of hydrazone groups is 1. The molecule has 0 radical (unpaired) electrons. The van der Waals surface area contributed by atoms with Crippen molar-refractivity contribution < 1.29 is 4.74 Å². The van der Waals surface area contributed by atoms with Crippen LogP contribution in [0.2, 0.25) is 0 Å². The highest BCUT2D eigenvalue weighted by atomic mass is 32.1. The summed E-state index contributed by atoms with van der Waals surface area (Å²) in [4.78, 5) is 9.00. The first-order valence-electron chi connectivity index (χ1n) is 10.1. The van der Waals surface area contributed by atoms with Gasteiger partial charge in [0.2, 0.25) is 0 Å². The SMILES string of the molecule is Cn1cncc1C1=NC(NC2CC2)NC(/C=N/N(CC2CCOCC2)C(N)=S)=C1. The maximum absolute atomic E-state index is 5.92. The van der Waals surface area contributed by atoms with E-state index >= 15 is 0 Å². The molecule has 1 saturated carbocycles. The third-order valence-corrected chi connectivity index (χ3v) is 5.49. The summed E-state index contributed by atoms with van der Waals surface area (Å²) in [5.41, 5.74) is 8.58. The molecule has 10 heteroatoms. The van der Waals surface area contributed by atoms with E-state index in [1.165, 1.54) is 12.8 Å². The molecule has 1 aromatic heterocycles. The van der Waals surface area contributed by atoms with Crippen molar-refractivity contribution in [3.8, 4) is 0 Å². The van der Waals surface area contributed by atoms with Gasteiger partial charge in [-0.3, -0.25) is 5.32 Å². The fraction of sp³-hybridized carbons (Fsp3) is 0.579. The number of thiocarbonyl (C=S) groups is 1. The van der Waals surface area contributed by atoms with Crippen LogP contribution in [0.5, 0.6) is 0 Å². The molecule has 2 fully saturated rings. The largest absolute Gasteiger partial charge is 0.381 e. The number of rotatable bonds is 7. The number of aryl methyl sites for hydroxylation is 1. The van der Waals surface area contributed by atoms with Gasteiger partial charge < -0.3 is 20.4 Å². The van der Waals surface area contributed by atoms with Crippen LogP contribution >= 0.6 is 12.2 Å². The van der Waals surface area contributed by atoms with Crippen molar-refractivity contribution >= 4 is 29.3 Å². The smallest absolute Gasteiger partial charge is 0.186 e. The molecule has 0 spiro atoms. The second-order valence-corrected chi connectivity index (χ2v) is 8.13. The molecule has 1 saturated heterocycles. The summed E-state index contributed by atoms with van der Waals surface area (Å²) in [6, 6.07) is 0.516. The summed E-state index contributed by atoms with van der Waals surface area (Å²) in [5.74, 6) is 0.478. The van der Waals surface area contributed by atoms with Crippen molar-refractivity contribution in [3.63, 3.8) is 0 Å². The highest BCUT2D eigenvalue weighted by molar-refractivity contribution is 7.80. The first-order valence-corrected chi connectivity index (χ1v) is 10.5. The van der Waals surface area contributed by atoms with Crippen LogP contribution in [-0.2, 0) is 11.8 Å². The van der Waals surface area contributed by atoms with E-state index < -0.39 is 0 Å². The van der Waals surface area contributed by atoms with E-state index in [0.717, 1.165) is 43.2 Å². The Morgan fingerprint density at radius 3 is 2.90 bits per heavy atom. The Morgan fingerprint density at radius 2 is 2.24 bits per heavy atom. The zero-order valence-electron chi connectivity index (χ0n) is 16.6. The van der Waals surface area contributed by atoms with E-state index in [1.54, 1.807) is 17.6 Å².